The molecule has 0 bridgehead atoms. The molecule has 14 heavy (non-hydrogen) atoms. The minimum atomic E-state index is -0.818. The van der Waals surface area contributed by atoms with Crippen LogP contribution in [0.3, 0.4) is 0 Å². The Kier molecular flexibility index (Phi) is 2.91. The Morgan fingerprint density at radius 1 is 1.43 bits per heavy atom. The van der Waals surface area contributed by atoms with Gasteiger partial charge in [-0.2, -0.15) is 11.3 Å². The molecule has 1 unspecified atom stereocenters. The zero-order valence-corrected chi connectivity index (χ0v) is 8.96. The lowest BCUT2D eigenvalue weighted by molar-refractivity contribution is -0.0688. The molecule has 2 nitrogen and oxygen atoms in total. The van der Waals surface area contributed by atoms with Crippen molar-refractivity contribution in [3.8, 4) is 0 Å². The summed E-state index contributed by atoms with van der Waals surface area (Å²) in [6.45, 7) is 0. The second-order valence-electron chi connectivity index (χ2n) is 4.16. The van der Waals surface area contributed by atoms with E-state index in [2.05, 4.69) is 0 Å². The molecule has 0 spiro atoms. The van der Waals surface area contributed by atoms with E-state index in [1.165, 1.54) is 0 Å². The monoisotopic (exact) mass is 212 g/mol. The fourth-order valence-electron chi connectivity index (χ4n) is 2.14. The van der Waals surface area contributed by atoms with Gasteiger partial charge in [0.25, 0.3) is 0 Å². The first kappa shape index (κ1) is 10.1. The molecule has 1 aromatic heterocycles. The molecular weight excluding hydrogens is 196 g/mol. The molecular formula is C11H16O2S. The summed E-state index contributed by atoms with van der Waals surface area (Å²) in [6, 6.07) is 2.01. The number of hydrogen-bond acceptors (Lipinski definition) is 3. The maximum absolute atomic E-state index is 10.1. The van der Waals surface area contributed by atoms with Crippen LogP contribution in [0.15, 0.2) is 16.8 Å². The van der Waals surface area contributed by atoms with Gasteiger partial charge in [0, 0.05) is 6.42 Å². The predicted molar refractivity (Wildman–Crippen MR) is 57.4 cm³/mol. The van der Waals surface area contributed by atoms with Gasteiger partial charge >= 0.3 is 0 Å². The first-order valence-electron chi connectivity index (χ1n) is 5.12. The van der Waals surface area contributed by atoms with E-state index in [9.17, 15) is 10.2 Å². The highest BCUT2D eigenvalue weighted by Crippen LogP contribution is 2.33. The van der Waals surface area contributed by atoms with Gasteiger partial charge in [0.05, 0.1) is 11.7 Å². The third kappa shape index (κ3) is 2.00. The Labute approximate surface area is 88.2 Å². The van der Waals surface area contributed by atoms with Crippen LogP contribution in [-0.4, -0.2) is 21.9 Å². The van der Waals surface area contributed by atoms with E-state index in [1.54, 1.807) is 11.3 Å². The van der Waals surface area contributed by atoms with Crippen LogP contribution in [-0.2, 0) is 6.42 Å². The van der Waals surface area contributed by atoms with E-state index >= 15 is 0 Å². The van der Waals surface area contributed by atoms with Gasteiger partial charge in [0.2, 0.25) is 0 Å². The van der Waals surface area contributed by atoms with E-state index < -0.39 is 11.7 Å². The van der Waals surface area contributed by atoms with Gasteiger partial charge < -0.3 is 10.2 Å². The lowest BCUT2D eigenvalue weighted by atomic mass is 9.91. The van der Waals surface area contributed by atoms with Crippen molar-refractivity contribution in [2.24, 2.45) is 0 Å². The smallest absolute Gasteiger partial charge is 0.0908 e. The van der Waals surface area contributed by atoms with Crippen molar-refractivity contribution in [2.75, 3.05) is 0 Å². The third-order valence-electron chi connectivity index (χ3n) is 3.10. The number of thiophene rings is 1. The highest BCUT2D eigenvalue weighted by Gasteiger charge is 2.38. The molecule has 1 aliphatic carbocycles. The Hall–Kier alpha value is -0.380. The summed E-state index contributed by atoms with van der Waals surface area (Å²) in [5.74, 6) is 0. The summed E-state index contributed by atoms with van der Waals surface area (Å²) in [5, 5.41) is 24.1. The Balaban J connectivity index is 1.98. The minimum absolute atomic E-state index is 0.583. The normalized spacial score (nSPS) is 22.4. The molecule has 1 saturated carbocycles. The number of aliphatic hydroxyl groups excluding tert-OH is 1. The fraction of sp³-hybridized carbons (Fsp3) is 0.636. The zero-order valence-electron chi connectivity index (χ0n) is 8.15. The van der Waals surface area contributed by atoms with Gasteiger partial charge in [-0.25, -0.2) is 0 Å². The first-order valence-corrected chi connectivity index (χ1v) is 6.06. The first-order chi connectivity index (χ1) is 6.71. The van der Waals surface area contributed by atoms with Crippen LogP contribution >= 0.6 is 11.3 Å². The van der Waals surface area contributed by atoms with Crippen molar-refractivity contribution in [2.45, 2.75) is 43.8 Å². The molecule has 1 aliphatic rings. The van der Waals surface area contributed by atoms with Crippen LogP contribution in [0.1, 0.15) is 31.2 Å². The van der Waals surface area contributed by atoms with E-state index in [-0.39, 0.29) is 0 Å². The number of aliphatic hydroxyl groups is 2. The molecule has 2 N–H and O–H groups in total. The molecule has 0 amide bonds. The molecule has 0 aliphatic heterocycles. The maximum atomic E-state index is 10.1. The highest BCUT2D eigenvalue weighted by atomic mass is 32.1. The molecule has 3 heteroatoms. The van der Waals surface area contributed by atoms with Crippen molar-refractivity contribution in [1.29, 1.82) is 0 Å². The quantitative estimate of drug-likeness (QED) is 0.804. The molecule has 1 fully saturated rings. The van der Waals surface area contributed by atoms with Gasteiger partial charge in [-0.15, -0.1) is 0 Å². The summed E-state index contributed by atoms with van der Waals surface area (Å²) in [4.78, 5) is 0. The average molecular weight is 212 g/mol. The van der Waals surface area contributed by atoms with Crippen molar-refractivity contribution in [3.05, 3.63) is 22.4 Å². The second-order valence-corrected chi connectivity index (χ2v) is 4.94. The molecule has 0 aromatic carbocycles. The van der Waals surface area contributed by atoms with Crippen molar-refractivity contribution < 1.29 is 10.2 Å². The van der Waals surface area contributed by atoms with E-state index in [0.29, 0.717) is 6.42 Å². The van der Waals surface area contributed by atoms with Crippen molar-refractivity contribution in [3.63, 3.8) is 0 Å². The van der Waals surface area contributed by atoms with Crippen LogP contribution in [0.5, 0.6) is 0 Å². The highest BCUT2D eigenvalue weighted by molar-refractivity contribution is 7.07. The molecule has 78 valence electrons. The Morgan fingerprint density at radius 3 is 2.71 bits per heavy atom. The lowest BCUT2D eigenvalue weighted by Crippen LogP contribution is -2.40. The molecule has 0 saturated heterocycles. The Bertz CT molecular complexity index is 275. The van der Waals surface area contributed by atoms with Crippen LogP contribution in [0.4, 0.5) is 0 Å². The molecule has 1 atom stereocenters. The Morgan fingerprint density at radius 2 is 2.14 bits per heavy atom. The van der Waals surface area contributed by atoms with Crippen LogP contribution in [0, 0.1) is 0 Å². The molecule has 1 aromatic rings. The third-order valence-corrected chi connectivity index (χ3v) is 3.83. The predicted octanol–water partition coefficient (Wildman–Crippen LogP) is 1.96. The molecule has 2 rings (SSSR count). The second kappa shape index (κ2) is 4.01. The van der Waals surface area contributed by atoms with E-state index in [0.717, 1.165) is 31.2 Å². The van der Waals surface area contributed by atoms with E-state index in [1.807, 2.05) is 16.8 Å². The van der Waals surface area contributed by atoms with Gasteiger partial charge in [-0.05, 0) is 35.2 Å². The van der Waals surface area contributed by atoms with Gasteiger partial charge in [0.1, 0.15) is 0 Å². The van der Waals surface area contributed by atoms with Crippen LogP contribution in [0.25, 0.3) is 0 Å². The average Bonchev–Trinajstić information content (AvgIpc) is 2.76. The summed E-state index contributed by atoms with van der Waals surface area (Å²) in [6.07, 6.45) is 3.56. The minimum Gasteiger partial charge on any atom is -0.390 e. The fourth-order valence-corrected chi connectivity index (χ4v) is 2.82. The summed E-state index contributed by atoms with van der Waals surface area (Å²) >= 11 is 1.63. The van der Waals surface area contributed by atoms with E-state index in [4.69, 9.17) is 0 Å². The van der Waals surface area contributed by atoms with Gasteiger partial charge in [0.15, 0.2) is 0 Å². The number of rotatable bonds is 3. The SMILES string of the molecule is OC(Cc1ccsc1)C1(O)CCCC1. The lowest BCUT2D eigenvalue weighted by Gasteiger charge is -2.28. The zero-order chi connectivity index (χ0) is 10.0. The summed E-state index contributed by atoms with van der Waals surface area (Å²) < 4.78 is 0. The standard InChI is InChI=1S/C11H16O2S/c12-10(7-9-3-6-14-8-9)11(13)4-1-2-5-11/h3,6,8,10,12-13H,1-2,4-5,7H2. The molecule has 0 radical (unpaired) electrons. The van der Waals surface area contributed by atoms with Crippen molar-refractivity contribution in [1.82, 2.24) is 0 Å². The van der Waals surface area contributed by atoms with Crippen molar-refractivity contribution >= 4 is 11.3 Å². The molecule has 1 heterocycles. The number of hydrogen-bond donors (Lipinski definition) is 2. The van der Waals surface area contributed by atoms with Crippen LogP contribution in [0.2, 0.25) is 0 Å². The van der Waals surface area contributed by atoms with Gasteiger partial charge in [-0.1, -0.05) is 12.8 Å². The maximum Gasteiger partial charge on any atom is 0.0908 e. The van der Waals surface area contributed by atoms with Gasteiger partial charge in [-0.3, -0.25) is 0 Å². The summed E-state index contributed by atoms with van der Waals surface area (Å²) in [7, 11) is 0. The summed E-state index contributed by atoms with van der Waals surface area (Å²) in [5.41, 5.74) is 0.310. The topological polar surface area (TPSA) is 40.5 Å². The van der Waals surface area contributed by atoms with Crippen LogP contribution < -0.4 is 0 Å². The largest absolute Gasteiger partial charge is 0.390 e.